The summed E-state index contributed by atoms with van der Waals surface area (Å²) in [6, 6.07) is 7.60. The molecule has 1 aromatic carbocycles. The standard InChI is InChI=1S/C20H26ClN5O3/c1-29-24-20(28)25-8-2-3-17(12-25)26(16-5-6-16)19(27)22-11-15-10-13-9-14(21)4-7-18(13)23-15/h4,7,9-10,16-17,23H,2-3,5-6,8,11-12H2,1H3,(H,22,27)(H,24,28)/t17-/m1/s1. The van der Waals surface area contributed by atoms with Gasteiger partial charge >= 0.3 is 12.1 Å². The molecule has 8 nitrogen and oxygen atoms in total. The van der Waals surface area contributed by atoms with Gasteiger partial charge in [0.25, 0.3) is 0 Å². The van der Waals surface area contributed by atoms with Crippen LogP contribution in [0.4, 0.5) is 9.59 Å². The third-order valence-electron chi connectivity index (χ3n) is 5.51. The molecule has 1 saturated carbocycles. The summed E-state index contributed by atoms with van der Waals surface area (Å²) in [7, 11) is 1.42. The highest BCUT2D eigenvalue weighted by Gasteiger charge is 2.39. The van der Waals surface area contributed by atoms with Gasteiger partial charge < -0.3 is 20.1 Å². The average molecular weight is 420 g/mol. The molecule has 0 bridgehead atoms. The fourth-order valence-corrected chi connectivity index (χ4v) is 4.20. The van der Waals surface area contributed by atoms with Gasteiger partial charge in [0.2, 0.25) is 0 Å². The number of carbonyl (C=O) groups is 2. The lowest BCUT2D eigenvalue weighted by atomic mass is 10.0. The van der Waals surface area contributed by atoms with Crippen molar-refractivity contribution in [1.29, 1.82) is 0 Å². The number of rotatable bonds is 5. The number of nitrogens with one attached hydrogen (secondary N) is 3. The van der Waals surface area contributed by atoms with E-state index < -0.39 is 0 Å². The zero-order chi connectivity index (χ0) is 20.4. The second-order valence-electron chi connectivity index (χ2n) is 7.68. The maximum atomic E-state index is 13.0. The van der Waals surface area contributed by atoms with Crippen LogP contribution in [-0.2, 0) is 11.4 Å². The van der Waals surface area contributed by atoms with E-state index in [-0.39, 0.29) is 24.1 Å². The van der Waals surface area contributed by atoms with Gasteiger partial charge in [0.1, 0.15) is 0 Å². The number of hydroxylamine groups is 1. The molecule has 0 spiro atoms. The summed E-state index contributed by atoms with van der Waals surface area (Å²) in [6.45, 7) is 1.60. The number of hydrogen-bond donors (Lipinski definition) is 3. The van der Waals surface area contributed by atoms with Gasteiger partial charge in [-0.15, -0.1) is 0 Å². The molecule has 29 heavy (non-hydrogen) atoms. The molecule has 1 aliphatic heterocycles. The zero-order valence-electron chi connectivity index (χ0n) is 16.4. The summed E-state index contributed by atoms with van der Waals surface area (Å²) in [4.78, 5) is 36.8. The number of amides is 4. The topological polar surface area (TPSA) is 89.7 Å². The Bertz CT molecular complexity index is 897. The van der Waals surface area contributed by atoms with Gasteiger partial charge in [-0.1, -0.05) is 11.6 Å². The van der Waals surface area contributed by atoms with Crippen molar-refractivity contribution >= 4 is 34.6 Å². The fraction of sp³-hybridized carbons (Fsp3) is 0.500. The van der Waals surface area contributed by atoms with Gasteiger partial charge in [0.15, 0.2) is 0 Å². The maximum Gasteiger partial charge on any atom is 0.341 e. The van der Waals surface area contributed by atoms with Crippen LogP contribution in [0, 0.1) is 0 Å². The number of piperidine rings is 1. The minimum atomic E-state index is -0.259. The molecular weight excluding hydrogens is 394 g/mol. The van der Waals surface area contributed by atoms with Gasteiger partial charge in [0.05, 0.1) is 19.7 Å². The molecular formula is C20H26ClN5O3. The van der Waals surface area contributed by atoms with E-state index in [0.717, 1.165) is 42.3 Å². The first-order chi connectivity index (χ1) is 14.0. The molecule has 9 heteroatoms. The second-order valence-corrected chi connectivity index (χ2v) is 8.11. The second kappa shape index (κ2) is 8.51. The molecule has 2 aliphatic rings. The molecule has 0 radical (unpaired) electrons. The van der Waals surface area contributed by atoms with Gasteiger partial charge in [0, 0.05) is 40.8 Å². The number of carbonyl (C=O) groups excluding carboxylic acids is 2. The number of fused-ring (bicyclic) bond motifs is 1. The summed E-state index contributed by atoms with van der Waals surface area (Å²) in [6.07, 6.45) is 3.78. The Morgan fingerprint density at radius 2 is 2.10 bits per heavy atom. The predicted octanol–water partition coefficient (Wildman–Crippen LogP) is 3.23. The summed E-state index contributed by atoms with van der Waals surface area (Å²) >= 11 is 6.05. The summed E-state index contributed by atoms with van der Waals surface area (Å²) in [5.41, 5.74) is 4.28. The Morgan fingerprint density at radius 3 is 2.86 bits per heavy atom. The molecule has 2 aromatic rings. The first-order valence-electron chi connectivity index (χ1n) is 9.96. The smallest absolute Gasteiger partial charge is 0.341 e. The highest BCUT2D eigenvalue weighted by Crippen LogP contribution is 2.31. The van der Waals surface area contributed by atoms with Crippen LogP contribution in [0.5, 0.6) is 0 Å². The molecule has 1 aromatic heterocycles. The lowest BCUT2D eigenvalue weighted by Gasteiger charge is -2.39. The number of H-pyrrole nitrogens is 1. The van der Waals surface area contributed by atoms with Crippen molar-refractivity contribution in [3.63, 3.8) is 0 Å². The number of hydrogen-bond acceptors (Lipinski definition) is 3. The van der Waals surface area contributed by atoms with Crippen molar-refractivity contribution in [2.75, 3.05) is 20.2 Å². The van der Waals surface area contributed by atoms with Crippen LogP contribution in [0.15, 0.2) is 24.3 Å². The number of nitrogens with zero attached hydrogens (tertiary/aromatic N) is 2. The Kier molecular flexibility index (Phi) is 5.82. The van der Waals surface area contributed by atoms with Crippen LogP contribution in [0.1, 0.15) is 31.4 Å². The predicted molar refractivity (Wildman–Crippen MR) is 111 cm³/mol. The monoisotopic (exact) mass is 419 g/mol. The first-order valence-corrected chi connectivity index (χ1v) is 10.3. The largest absolute Gasteiger partial charge is 0.357 e. The summed E-state index contributed by atoms with van der Waals surface area (Å²) in [5.74, 6) is 0. The molecule has 4 amide bonds. The lowest BCUT2D eigenvalue weighted by Crippen LogP contribution is -2.56. The van der Waals surface area contributed by atoms with Crippen molar-refractivity contribution in [2.45, 2.75) is 44.3 Å². The number of aromatic amines is 1. The minimum absolute atomic E-state index is 0.0142. The van der Waals surface area contributed by atoms with Crippen molar-refractivity contribution in [1.82, 2.24) is 25.6 Å². The number of aromatic nitrogens is 1. The maximum absolute atomic E-state index is 13.0. The number of likely N-dealkylation sites (tertiary alicyclic amines) is 1. The van der Waals surface area contributed by atoms with E-state index in [1.54, 1.807) is 4.90 Å². The van der Waals surface area contributed by atoms with E-state index in [0.29, 0.717) is 24.7 Å². The first kappa shape index (κ1) is 19.8. The van der Waals surface area contributed by atoms with Crippen molar-refractivity contribution < 1.29 is 14.4 Å². The molecule has 156 valence electrons. The highest BCUT2D eigenvalue weighted by molar-refractivity contribution is 6.31. The van der Waals surface area contributed by atoms with E-state index in [2.05, 4.69) is 15.8 Å². The Balaban J connectivity index is 1.40. The van der Waals surface area contributed by atoms with Crippen LogP contribution in [0.3, 0.4) is 0 Å². The number of halogens is 1. The lowest BCUT2D eigenvalue weighted by molar-refractivity contribution is 0.0685. The molecule has 1 saturated heterocycles. The zero-order valence-corrected chi connectivity index (χ0v) is 17.2. The van der Waals surface area contributed by atoms with Gasteiger partial charge in [-0.25, -0.2) is 15.1 Å². The van der Waals surface area contributed by atoms with Crippen LogP contribution >= 0.6 is 11.6 Å². The Labute approximate surface area is 174 Å². The molecule has 1 aliphatic carbocycles. The van der Waals surface area contributed by atoms with Crippen molar-refractivity contribution in [3.8, 4) is 0 Å². The third-order valence-corrected chi connectivity index (χ3v) is 5.75. The van der Waals surface area contributed by atoms with E-state index in [4.69, 9.17) is 16.4 Å². The van der Waals surface area contributed by atoms with E-state index in [9.17, 15) is 9.59 Å². The highest BCUT2D eigenvalue weighted by atomic mass is 35.5. The molecule has 0 unspecified atom stereocenters. The number of urea groups is 2. The Morgan fingerprint density at radius 1 is 1.28 bits per heavy atom. The minimum Gasteiger partial charge on any atom is -0.357 e. The third kappa shape index (κ3) is 4.59. The van der Waals surface area contributed by atoms with Crippen molar-refractivity contribution in [2.24, 2.45) is 0 Å². The molecule has 2 heterocycles. The normalized spacial score (nSPS) is 19.2. The average Bonchev–Trinajstić information content (AvgIpc) is 3.45. The van der Waals surface area contributed by atoms with Crippen LogP contribution in [0.25, 0.3) is 10.9 Å². The van der Waals surface area contributed by atoms with Crippen LogP contribution in [-0.4, -0.2) is 59.1 Å². The fourth-order valence-electron chi connectivity index (χ4n) is 4.02. The van der Waals surface area contributed by atoms with Crippen LogP contribution in [0.2, 0.25) is 5.02 Å². The van der Waals surface area contributed by atoms with Gasteiger partial charge in [-0.05, 0) is 49.9 Å². The molecule has 4 rings (SSSR count). The van der Waals surface area contributed by atoms with Gasteiger partial charge in [-0.3, -0.25) is 4.84 Å². The molecule has 2 fully saturated rings. The summed E-state index contributed by atoms with van der Waals surface area (Å²) in [5, 5.41) is 4.75. The molecule has 1 atom stereocenters. The van der Waals surface area contributed by atoms with E-state index in [1.165, 1.54) is 7.11 Å². The SMILES string of the molecule is CONC(=O)N1CCC[C@@H](N(C(=O)NCc2cc3cc(Cl)ccc3[nH]2)C2CC2)C1. The van der Waals surface area contributed by atoms with Gasteiger partial charge in [-0.2, -0.15) is 0 Å². The quantitative estimate of drug-likeness (QED) is 0.650. The molecule has 3 N–H and O–H groups in total. The van der Waals surface area contributed by atoms with Crippen molar-refractivity contribution in [3.05, 3.63) is 35.0 Å². The van der Waals surface area contributed by atoms with E-state index >= 15 is 0 Å². The van der Waals surface area contributed by atoms with E-state index in [1.807, 2.05) is 29.2 Å². The summed E-state index contributed by atoms with van der Waals surface area (Å²) < 4.78 is 0. The Hall–Kier alpha value is -2.45. The number of benzene rings is 1. The van der Waals surface area contributed by atoms with Crippen LogP contribution < -0.4 is 10.8 Å².